The van der Waals surface area contributed by atoms with E-state index in [1.54, 1.807) is 37.4 Å². The molecule has 0 heterocycles. The smallest absolute Gasteiger partial charge is 0.338 e. The quantitative estimate of drug-likeness (QED) is 0.533. The molecular weight excluding hydrogens is 346 g/mol. The Hall–Kier alpha value is -3.02. The lowest BCUT2D eigenvalue weighted by Crippen LogP contribution is -2.20. The highest BCUT2D eigenvalue weighted by Gasteiger charge is 2.10. The summed E-state index contributed by atoms with van der Waals surface area (Å²) in [6.45, 7) is 4.24. The Balaban J connectivity index is 1.86. The molecule has 27 heavy (non-hydrogen) atoms. The number of carbonyl (C=O) groups is 2. The van der Waals surface area contributed by atoms with E-state index in [4.69, 9.17) is 14.2 Å². The number of unbranched alkanes of at least 4 members (excludes halogenated alkanes) is 1. The van der Waals surface area contributed by atoms with Crippen LogP contribution in [0.5, 0.6) is 11.5 Å². The topological polar surface area (TPSA) is 73.9 Å². The van der Waals surface area contributed by atoms with Gasteiger partial charge in [-0.15, -0.1) is 0 Å². The van der Waals surface area contributed by atoms with Gasteiger partial charge in [0.1, 0.15) is 0 Å². The van der Waals surface area contributed by atoms with Crippen LogP contribution in [0.4, 0.5) is 5.69 Å². The normalized spacial score (nSPS) is 10.2. The number of benzene rings is 2. The van der Waals surface area contributed by atoms with Gasteiger partial charge in [0.05, 0.1) is 19.3 Å². The van der Waals surface area contributed by atoms with Gasteiger partial charge in [-0.05, 0) is 55.3 Å². The Labute approximate surface area is 159 Å². The van der Waals surface area contributed by atoms with Gasteiger partial charge in [-0.2, -0.15) is 0 Å². The first kappa shape index (κ1) is 20.3. The van der Waals surface area contributed by atoms with E-state index in [9.17, 15) is 9.59 Å². The first-order chi connectivity index (χ1) is 13.0. The zero-order chi connectivity index (χ0) is 19.6. The molecule has 2 aromatic rings. The minimum atomic E-state index is -0.365. The Kier molecular flexibility index (Phi) is 7.67. The molecule has 0 aliphatic rings. The standard InChI is InChI=1S/C21H25NO5/c1-4-5-12-26-21(24)16-7-9-17(10-8-16)22-20(23)14-27-18-11-6-15(2)13-19(18)25-3/h6-11,13H,4-5,12,14H2,1-3H3,(H,22,23). The molecule has 6 heteroatoms. The van der Waals surface area contributed by atoms with Crippen LogP contribution in [0, 0.1) is 6.92 Å². The third-order valence-corrected chi connectivity index (χ3v) is 3.81. The van der Waals surface area contributed by atoms with Crippen molar-refractivity contribution in [3.63, 3.8) is 0 Å². The van der Waals surface area contributed by atoms with Gasteiger partial charge < -0.3 is 19.5 Å². The predicted molar refractivity (Wildman–Crippen MR) is 103 cm³/mol. The van der Waals surface area contributed by atoms with Gasteiger partial charge in [0.2, 0.25) is 0 Å². The van der Waals surface area contributed by atoms with E-state index in [-0.39, 0.29) is 18.5 Å². The number of methoxy groups -OCH3 is 1. The summed E-state index contributed by atoms with van der Waals surface area (Å²) in [5.41, 5.74) is 2.06. The Morgan fingerprint density at radius 2 is 1.78 bits per heavy atom. The van der Waals surface area contributed by atoms with E-state index in [1.807, 2.05) is 26.0 Å². The highest BCUT2D eigenvalue weighted by molar-refractivity contribution is 5.93. The fourth-order valence-electron chi connectivity index (χ4n) is 2.32. The zero-order valence-corrected chi connectivity index (χ0v) is 15.9. The summed E-state index contributed by atoms with van der Waals surface area (Å²) in [7, 11) is 1.55. The van der Waals surface area contributed by atoms with Gasteiger partial charge in [-0.3, -0.25) is 4.79 Å². The first-order valence-electron chi connectivity index (χ1n) is 8.88. The minimum Gasteiger partial charge on any atom is -0.493 e. The third-order valence-electron chi connectivity index (χ3n) is 3.81. The molecule has 6 nitrogen and oxygen atoms in total. The number of amides is 1. The molecule has 0 radical (unpaired) electrons. The van der Waals surface area contributed by atoms with E-state index in [2.05, 4.69) is 5.32 Å². The lowest BCUT2D eigenvalue weighted by molar-refractivity contribution is -0.118. The number of carbonyl (C=O) groups excluding carboxylic acids is 2. The summed E-state index contributed by atoms with van der Waals surface area (Å²) >= 11 is 0. The maximum absolute atomic E-state index is 12.1. The summed E-state index contributed by atoms with van der Waals surface area (Å²) in [4.78, 5) is 23.9. The molecule has 1 amide bonds. The minimum absolute atomic E-state index is 0.153. The van der Waals surface area contributed by atoms with Crippen LogP contribution in [-0.4, -0.2) is 32.2 Å². The molecule has 0 unspecified atom stereocenters. The van der Waals surface area contributed by atoms with Gasteiger partial charge in [0.15, 0.2) is 18.1 Å². The van der Waals surface area contributed by atoms with Crippen LogP contribution in [0.3, 0.4) is 0 Å². The number of rotatable bonds is 9. The van der Waals surface area contributed by atoms with Gasteiger partial charge in [0, 0.05) is 5.69 Å². The van der Waals surface area contributed by atoms with Crippen molar-refractivity contribution in [2.75, 3.05) is 25.6 Å². The molecule has 0 fully saturated rings. The van der Waals surface area contributed by atoms with E-state index in [1.165, 1.54) is 0 Å². The number of nitrogens with one attached hydrogen (secondary N) is 1. The Bertz CT molecular complexity index is 771. The summed E-state index contributed by atoms with van der Waals surface area (Å²) in [6, 6.07) is 12.0. The second kappa shape index (κ2) is 10.2. The molecule has 0 aliphatic heterocycles. The molecule has 2 aromatic carbocycles. The molecule has 0 saturated carbocycles. The van der Waals surface area contributed by atoms with Crippen LogP contribution in [0.15, 0.2) is 42.5 Å². The highest BCUT2D eigenvalue weighted by Crippen LogP contribution is 2.27. The average molecular weight is 371 g/mol. The second-order valence-corrected chi connectivity index (χ2v) is 6.06. The summed E-state index contributed by atoms with van der Waals surface area (Å²) < 4.78 is 15.9. The summed E-state index contributed by atoms with van der Waals surface area (Å²) in [5, 5.41) is 2.72. The van der Waals surface area contributed by atoms with Gasteiger partial charge in [0.25, 0.3) is 5.91 Å². The van der Waals surface area contributed by atoms with E-state index in [0.717, 1.165) is 18.4 Å². The maximum Gasteiger partial charge on any atom is 0.338 e. The van der Waals surface area contributed by atoms with Crippen LogP contribution in [0.25, 0.3) is 0 Å². The monoisotopic (exact) mass is 371 g/mol. The number of hydrogen-bond donors (Lipinski definition) is 1. The van der Waals surface area contributed by atoms with Crippen LogP contribution in [-0.2, 0) is 9.53 Å². The van der Waals surface area contributed by atoms with Crippen molar-refractivity contribution < 1.29 is 23.8 Å². The lowest BCUT2D eigenvalue weighted by atomic mass is 10.2. The zero-order valence-electron chi connectivity index (χ0n) is 15.9. The van der Waals surface area contributed by atoms with E-state index < -0.39 is 0 Å². The molecule has 1 N–H and O–H groups in total. The van der Waals surface area contributed by atoms with Crippen LogP contribution < -0.4 is 14.8 Å². The third kappa shape index (κ3) is 6.33. The first-order valence-corrected chi connectivity index (χ1v) is 8.88. The molecule has 0 bridgehead atoms. The lowest BCUT2D eigenvalue weighted by Gasteiger charge is -2.11. The van der Waals surface area contributed by atoms with Crippen LogP contribution in [0.2, 0.25) is 0 Å². The molecule has 0 saturated heterocycles. The van der Waals surface area contributed by atoms with Crippen molar-refractivity contribution in [2.24, 2.45) is 0 Å². The van der Waals surface area contributed by atoms with Crippen molar-refractivity contribution in [3.05, 3.63) is 53.6 Å². The van der Waals surface area contributed by atoms with Crippen molar-refractivity contribution in [1.29, 1.82) is 0 Å². The Morgan fingerprint density at radius 3 is 2.44 bits per heavy atom. The SMILES string of the molecule is CCCCOC(=O)c1ccc(NC(=O)COc2ccc(C)cc2OC)cc1. The van der Waals surface area contributed by atoms with Crippen molar-refractivity contribution in [2.45, 2.75) is 26.7 Å². The molecule has 2 rings (SSSR count). The summed E-state index contributed by atoms with van der Waals surface area (Å²) in [6.07, 6.45) is 1.81. The molecular formula is C21H25NO5. The fourth-order valence-corrected chi connectivity index (χ4v) is 2.32. The van der Waals surface area contributed by atoms with Gasteiger partial charge >= 0.3 is 5.97 Å². The van der Waals surface area contributed by atoms with E-state index in [0.29, 0.717) is 29.4 Å². The Morgan fingerprint density at radius 1 is 1.04 bits per heavy atom. The van der Waals surface area contributed by atoms with Crippen LogP contribution >= 0.6 is 0 Å². The molecule has 0 aromatic heterocycles. The fraction of sp³-hybridized carbons (Fsp3) is 0.333. The van der Waals surface area contributed by atoms with Gasteiger partial charge in [-0.1, -0.05) is 19.4 Å². The molecule has 144 valence electrons. The highest BCUT2D eigenvalue weighted by atomic mass is 16.5. The number of ether oxygens (including phenoxy) is 3. The molecule has 0 aliphatic carbocycles. The van der Waals surface area contributed by atoms with E-state index >= 15 is 0 Å². The molecule has 0 spiro atoms. The molecule has 0 atom stereocenters. The number of esters is 1. The van der Waals surface area contributed by atoms with Gasteiger partial charge in [-0.25, -0.2) is 4.79 Å². The number of aryl methyl sites for hydroxylation is 1. The number of hydrogen-bond acceptors (Lipinski definition) is 5. The number of anilines is 1. The van der Waals surface area contributed by atoms with Crippen molar-refractivity contribution in [3.8, 4) is 11.5 Å². The predicted octanol–water partition coefficient (Wildman–Crippen LogP) is 3.98. The largest absolute Gasteiger partial charge is 0.493 e. The van der Waals surface area contributed by atoms with Crippen molar-refractivity contribution in [1.82, 2.24) is 0 Å². The average Bonchev–Trinajstić information content (AvgIpc) is 2.67. The van der Waals surface area contributed by atoms with Crippen molar-refractivity contribution >= 4 is 17.6 Å². The maximum atomic E-state index is 12.1. The second-order valence-electron chi connectivity index (χ2n) is 6.06. The summed E-state index contributed by atoms with van der Waals surface area (Å²) in [5.74, 6) is 0.407. The van der Waals surface area contributed by atoms with Crippen LogP contribution in [0.1, 0.15) is 35.7 Å².